The minimum absolute atomic E-state index is 0.825. The lowest BCUT2D eigenvalue weighted by Gasteiger charge is -2.23. The van der Waals surface area contributed by atoms with Crippen molar-refractivity contribution in [2.45, 2.75) is 13.3 Å². The number of nitrogens with zero attached hydrogens (tertiary/aromatic N) is 2. The van der Waals surface area contributed by atoms with E-state index in [4.69, 9.17) is 4.74 Å². The van der Waals surface area contributed by atoms with Crippen LogP contribution >= 0.6 is 0 Å². The maximum absolute atomic E-state index is 5.05. The summed E-state index contributed by atoms with van der Waals surface area (Å²) in [6, 6.07) is 0. The number of hydrogen-bond donors (Lipinski definition) is 0. The van der Waals surface area contributed by atoms with Gasteiger partial charge in [-0.15, -0.1) is 0 Å². The third kappa shape index (κ3) is 2.21. The van der Waals surface area contributed by atoms with Gasteiger partial charge in [-0.05, 0) is 0 Å². The zero-order valence-corrected chi connectivity index (χ0v) is 8.34. The fourth-order valence-electron chi connectivity index (χ4n) is 1.54. The molecule has 0 spiro atoms. The van der Waals surface area contributed by atoms with Gasteiger partial charge in [-0.1, -0.05) is 0 Å². The first-order valence-corrected chi connectivity index (χ1v) is 4.54. The average molecular weight is 171 g/mol. The summed E-state index contributed by atoms with van der Waals surface area (Å²) in [6.07, 6.45) is 1.26. The largest absolute Gasteiger partial charge is 0.381 e. The van der Waals surface area contributed by atoms with E-state index in [1.807, 2.05) is 0 Å². The lowest BCUT2D eigenvalue weighted by molar-refractivity contribution is -0.509. The molecular weight excluding hydrogens is 152 g/mol. The summed E-state index contributed by atoms with van der Waals surface area (Å²) in [7, 11) is 3.90. The van der Waals surface area contributed by atoms with Gasteiger partial charge in [0, 0.05) is 20.5 Å². The van der Waals surface area contributed by atoms with E-state index in [9.17, 15) is 0 Å². The predicted molar refractivity (Wildman–Crippen MR) is 49.8 cm³/mol. The van der Waals surface area contributed by atoms with E-state index >= 15 is 0 Å². The lowest BCUT2D eigenvalue weighted by atomic mass is 10.3. The zero-order chi connectivity index (χ0) is 8.97. The molecule has 0 bridgehead atoms. The van der Waals surface area contributed by atoms with Crippen LogP contribution in [-0.2, 0) is 4.74 Å². The Morgan fingerprint density at radius 3 is 3.00 bits per heavy atom. The van der Waals surface area contributed by atoms with Gasteiger partial charge in [0.2, 0.25) is 5.84 Å². The predicted octanol–water partition coefficient (Wildman–Crippen LogP) is 0.399. The van der Waals surface area contributed by atoms with E-state index in [0.717, 1.165) is 13.2 Å². The molecule has 3 nitrogen and oxygen atoms in total. The number of methoxy groups -OCH3 is 1. The molecule has 0 radical (unpaired) electrons. The molecular formula is C9H19N2O+. The Balaban J connectivity index is 2.47. The fourth-order valence-corrected chi connectivity index (χ4v) is 1.54. The van der Waals surface area contributed by atoms with Gasteiger partial charge in [-0.2, -0.15) is 0 Å². The van der Waals surface area contributed by atoms with Crippen LogP contribution in [0.15, 0.2) is 0 Å². The first-order valence-electron chi connectivity index (χ1n) is 4.54. The molecule has 0 atom stereocenters. The molecule has 70 valence electrons. The van der Waals surface area contributed by atoms with E-state index in [2.05, 4.69) is 23.4 Å². The van der Waals surface area contributed by atoms with Crippen molar-refractivity contribution in [2.75, 3.05) is 40.4 Å². The molecule has 0 aromatic heterocycles. The van der Waals surface area contributed by atoms with Crippen molar-refractivity contribution >= 4 is 5.84 Å². The maximum Gasteiger partial charge on any atom is 0.243 e. The quantitative estimate of drug-likeness (QED) is 0.571. The molecule has 0 aromatic carbocycles. The molecule has 0 unspecified atom stereocenters. The van der Waals surface area contributed by atoms with E-state index in [0.29, 0.717) is 0 Å². The second kappa shape index (κ2) is 4.45. The number of hydrogen-bond acceptors (Lipinski definition) is 2. The lowest BCUT2D eigenvalue weighted by Crippen LogP contribution is -2.42. The molecule has 1 aliphatic rings. The smallest absolute Gasteiger partial charge is 0.243 e. The monoisotopic (exact) mass is 171 g/mol. The van der Waals surface area contributed by atoms with Crippen LogP contribution in [0.3, 0.4) is 0 Å². The van der Waals surface area contributed by atoms with Crippen LogP contribution < -0.4 is 0 Å². The Labute approximate surface area is 74.6 Å². The van der Waals surface area contributed by atoms with Crippen molar-refractivity contribution in [1.29, 1.82) is 0 Å². The standard InChI is InChI=1S/C9H19N2O/c1-9-10(2)5-4-6-11(9)7-8-12-3/h4-8H2,1-3H3/q+1. The highest BCUT2D eigenvalue weighted by atomic mass is 16.5. The van der Waals surface area contributed by atoms with Crippen LogP contribution in [0.25, 0.3) is 0 Å². The SMILES string of the molecule is COCCN1CCC[N+](C)=C1C. The van der Waals surface area contributed by atoms with Crippen LogP contribution in [0.1, 0.15) is 13.3 Å². The van der Waals surface area contributed by atoms with E-state index in [1.165, 1.54) is 25.3 Å². The highest BCUT2D eigenvalue weighted by molar-refractivity contribution is 5.74. The molecule has 0 amide bonds. The molecule has 1 aliphatic heterocycles. The summed E-state index contributed by atoms with van der Waals surface area (Å²) >= 11 is 0. The van der Waals surface area contributed by atoms with Gasteiger partial charge in [0.25, 0.3) is 0 Å². The summed E-state index contributed by atoms with van der Waals surface area (Å²) < 4.78 is 7.36. The van der Waals surface area contributed by atoms with Gasteiger partial charge >= 0.3 is 0 Å². The van der Waals surface area contributed by atoms with Crippen LogP contribution in [0.5, 0.6) is 0 Å². The molecule has 0 saturated heterocycles. The molecule has 0 aliphatic carbocycles. The van der Waals surface area contributed by atoms with Gasteiger partial charge in [0.1, 0.15) is 6.54 Å². The van der Waals surface area contributed by atoms with Gasteiger partial charge < -0.3 is 4.74 Å². The minimum Gasteiger partial charge on any atom is -0.381 e. The molecule has 1 heterocycles. The van der Waals surface area contributed by atoms with Gasteiger partial charge in [-0.25, -0.2) is 0 Å². The molecule has 0 N–H and O–H groups in total. The molecule has 0 aromatic rings. The van der Waals surface area contributed by atoms with Crippen LogP contribution in [0.2, 0.25) is 0 Å². The molecule has 1 rings (SSSR count). The van der Waals surface area contributed by atoms with Gasteiger partial charge in [0.05, 0.1) is 26.7 Å². The van der Waals surface area contributed by atoms with Gasteiger partial charge in [-0.3, -0.25) is 9.48 Å². The van der Waals surface area contributed by atoms with Crippen molar-refractivity contribution in [3.8, 4) is 0 Å². The third-order valence-electron chi connectivity index (χ3n) is 2.50. The second-order valence-electron chi connectivity index (χ2n) is 3.30. The van der Waals surface area contributed by atoms with Crippen LogP contribution in [0.4, 0.5) is 0 Å². The first kappa shape index (κ1) is 9.52. The number of amidine groups is 1. The van der Waals surface area contributed by atoms with Crippen LogP contribution in [0, 0.1) is 0 Å². The molecule has 12 heavy (non-hydrogen) atoms. The Hall–Kier alpha value is -0.570. The Morgan fingerprint density at radius 1 is 1.58 bits per heavy atom. The third-order valence-corrected chi connectivity index (χ3v) is 2.50. The summed E-state index contributed by atoms with van der Waals surface area (Å²) in [5.41, 5.74) is 0. The van der Waals surface area contributed by atoms with Crippen molar-refractivity contribution < 1.29 is 9.31 Å². The normalized spacial score (nSPS) is 18.8. The van der Waals surface area contributed by atoms with Crippen LogP contribution in [-0.4, -0.2) is 55.7 Å². The molecule has 0 saturated carbocycles. The highest BCUT2D eigenvalue weighted by Crippen LogP contribution is 2.00. The Kier molecular flexibility index (Phi) is 3.53. The van der Waals surface area contributed by atoms with Crippen molar-refractivity contribution in [1.82, 2.24) is 4.90 Å². The number of rotatable bonds is 3. The highest BCUT2D eigenvalue weighted by Gasteiger charge is 2.20. The summed E-state index contributed by atoms with van der Waals surface area (Å²) in [4.78, 5) is 2.38. The Bertz CT molecular complexity index is 177. The Morgan fingerprint density at radius 2 is 2.33 bits per heavy atom. The van der Waals surface area contributed by atoms with Crippen molar-refractivity contribution in [3.63, 3.8) is 0 Å². The minimum atomic E-state index is 0.825. The second-order valence-corrected chi connectivity index (χ2v) is 3.30. The number of ether oxygens (including phenoxy) is 1. The summed E-state index contributed by atoms with van der Waals surface area (Å²) in [5, 5.41) is 0. The molecule has 0 fully saturated rings. The van der Waals surface area contributed by atoms with Crippen molar-refractivity contribution in [3.05, 3.63) is 0 Å². The summed E-state index contributed by atoms with van der Waals surface area (Å²) in [6.45, 7) is 6.39. The van der Waals surface area contributed by atoms with Gasteiger partial charge in [0.15, 0.2) is 0 Å². The zero-order valence-electron chi connectivity index (χ0n) is 8.34. The fraction of sp³-hybridized carbons (Fsp3) is 0.889. The van der Waals surface area contributed by atoms with Crippen molar-refractivity contribution in [2.24, 2.45) is 0 Å². The average Bonchev–Trinajstić information content (AvgIpc) is 2.08. The van der Waals surface area contributed by atoms with E-state index in [1.54, 1.807) is 7.11 Å². The first-order chi connectivity index (χ1) is 5.75. The summed E-state index contributed by atoms with van der Waals surface area (Å²) in [5.74, 6) is 1.37. The van der Waals surface area contributed by atoms with E-state index in [-0.39, 0.29) is 0 Å². The topological polar surface area (TPSA) is 15.5 Å². The van der Waals surface area contributed by atoms with E-state index < -0.39 is 0 Å². The maximum atomic E-state index is 5.05. The molecule has 3 heteroatoms.